The normalized spacial score (nSPS) is 28.1. The van der Waals surface area contributed by atoms with Gasteiger partial charge in [-0.1, -0.05) is 0 Å². The van der Waals surface area contributed by atoms with Gasteiger partial charge in [0.25, 0.3) is 0 Å². The number of carbonyl (C=O) groups is 1. The maximum atomic E-state index is 12.1. The zero-order valence-corrected chi connectivity index (χ0v) is 14.2. The summed E-state index contributed by atoms with van der Waals surface area (Å²) in [6.45, 7) is 10.5. The Labute approximate surface area is 133 Å². The highest BCUT2D eigenvalue weighted by molar-refractivity contribution is 5.68. The minimum absolute atomic E-state index is 0.204. The number of hydrogen-bond acceptors (Lipinski definition) is 6. The minimum Gasteiger partial charge on any atom is -0.444 e. The maximum Gasteiger partial charge on any atom is 0.410 e. The molecule has 2 saturated heterocycles. The molecule has 0 aliphatic carbocycles. The zero-order chi connectivity index (χ0) is 16.3. The molecule has 22 heavy (non-hydrogen) atoms. The number of piperazine rings is 1. The third kappa shape index (κ3) is 4.55. The van der Waals surface area contributed by atoms with E-state index in [2.05, 4.69) is 16.8 Å². The fraction of sp³-hybridized carbons (Fsp3) is 0.933. The Morgan fingerprint density at radius 2 is 1.86 bits per heavy atom. The monoisotopic (exact) mass is 314 g/mol. The molecule has 2 atom stereocenters. The van der Waals surface area contributed by atoms with Gasteiger partial charge in [0.15, 0.2) is 0 Å². The summed E-state index contributed by atoms with van der Waals surface area (Å²) < 4.78 is 5.43. The second-order valence-electron chi connectivity index (χ2n) is 7.32. The Kier molecular flexibility index (Phi) is 5.65. The fourth-order valence-electron chi connectivity index (χ4n) is 3.22. The van der Waals surface area contributed by atoms with E-state index in [-0.39, 0.29) is 6.09 Å². The van der Waals surface area contributed by atoms with Gasteiger partial charge in [-0.3, -0.25) is 9.80 Å². The highest BCUT2D eigenvalue weighted by atomic mass is 16.6. The van der Waals surface area contributed by atoms with Crippen molar-refractivity contribution in [1.82, 2.24) is 14.7 Å². The highest BCUT2D eigenvalue weighted by Gasteiger charge is 2.35. The number of nitrogens with two attached hydrogens (primary N) is 1. The van der Waals surface area contributed by atoms with E-state index in [1.807, 2.05) is 20.8 Å². The summed E-state index contributed by atoms with van der Waals surface area (Å²) in [7, 11) is 2.11. The van der Waals surface area contributed by atoms with E-state index in [0.717, 1.165) is 39.1 Å². The quantitative estimate of drug-likeness (QED) is 0.765. The maximum absolute atomic E-state index is 12.1. The molecule has 0 spiro atoms. The number of nitrogens with zero attached hydrogens (tertiary/aromatic N) is 3. The average Bonchev–Trinajstić information content (AvgIpc) is 2.79. The molecular weight excluding hydrogens is 284 g/mol. The van der Waals surface area contributed by atoms with Crippen LogP contribution in [0.4, 0.5) is 4.79 Å². The Balaban J connectivity index is 1.79. The molecule has 0 saturated carbocycles. The third-order valence-electron chi connectivity index (χ3n) is 4.44. The van der Waals surface area contributed by atoms with E-state index in [9.17, 15) is 4.79 Å². The average molecular weight is 314 g/mol. The lowest BCUT2D eigenvalue weighted by molar-refractivity contribution is 0.0108. The Bertz CT molecular complexity index is 377. The molecular formula is C15H30N4O3. The largest absolute Gasteiger partial charge is 0.444 e. The second-order valence-corrected chi connectivity index (χ2v) is 7.32. The minimum atomic E-state index is -0.433. The van der Waals surface area contributed by atoms with E-state index in [1.54, 1.807) is 4.90 Å². The van der Waals surface area contributed by atoms with Crippen LogP contribution in [0.25, 0.3) is 0 Å². The summed E-state index contributed by atoms with van der Waals surface area (Å²) in [6.07, 6.45) is 0.866. The van der Waals surface area contributed by atoms with Crippen molar-refractivity contribution < 1.29 is 14.4 Å². The summed E-state index contributed by atoms with van der Waals surface area (Å²) in [5.41, 5.74) is -0.433. The molecule has 0 aromatic carbocycles. The van der Waals surface area contributed by atoms with Crippen molar-refractivity contribution >= 4 is 6.09 Å². The van der Waals surface area contributed by atoms with E-state index in [0.29, 0.717) is 18.7 Å². The van der Waals surface area contributed by atoms with Crippen LogP contribution in [0.3, 0.4) is 0 Å². The van der Waals surface area contributed by atoms with Gasteiger partial charge in [0.2, 0.25) is 0 Å². The van der Waals surface area contributed by atoms with Crippen molar-refractivity contribution in [3.63, 3.8) is 0 Å². The summed E-state index contributed by atoms with van der Waals surface area (Å²) in [5, 5.41) is 0. The van der Waals surface area contributed by atoms with Gasteiger partial charge in [0, 0.05) is 44.8 Å². The topological polar surface area (TPSA) is 71.3 Å². The molecule has 0 bridgehead atoms. The van der Waals surface area contributed by atoms with Gasteiger partial charge in [0.05, 0.1) is 6.61 Å². The van der Waals surface area contributed by atoms with Gasteiger partial charge in [-0.15, -0.1) is 0 Å². The summed E-state index contributed by atoms with van der Waals surface area (Å²) in [4.78, 5) is 23.5. The first kappa shape index (κ1) is 17.5. The smallest absolute Gasteiger partial charge is 0.410 e. The lowest BCUT2D eigenvalue weighted by atomic mass is 10.1. The highest BCUT2D eigenvalue weighted by Crippen LogP contribution is 2.22. The Morgan fingerprint density at radius 1 is 1.23 bits per heavy atom. The first-order chi connectivity index (χ1) is 10.3. The second kappa shape index (κ2) is 7.12. The molecule has 7 heteroatoms. The number of rotatable bonds is 3. The van der Waals surface area contributed by atoms with Crippen molar-refractivity contribution in [2.24, 2.45) is 5.90 Å². The van der Waals surface area contributed by atoms with Crippen LogP contribution in [0.1, 0.15) is 27.2 Å². The van der Waals surface area contributed by atoms with Crippen molar-refractivity contribution in [2.75, 3.05) is 46.4 Å². The van der Waals surface area contributed by atoms with Gasteiger partial charge in [0.1, 0.15) is 5.60 Å². The molecule has 0 radical (unpaired) electrons. The van der Waals surface area contributed by atoms with Crippen molar-refractivity contribution in [3.05, 3.63) is 0 Å². The molecule has 2 fully saturated rings. The van der Waals surface area contributed by atoms with Crippen LogP contribution in [-0.4, -0.2) is 84.9 Å². The molecule has 128 valence electrons. The number of likely N-dealkylation sites (N-methyl/N-ethyl adjacent to an activating group) is 1. The molecule has 1 amide bonds. The number of hydrogen-bond donors (Lipinski definition) is 1. The standard InChI is InChI=1S/C15H30N4O3/c1-15(2,3)22-14(20)19-7-5-18(6-8-19)12-9-13(11-21-16)17(4)10-12/h12-13H,5-11,16H2,1-4H3/t12-,13?/m1/s1. The van der Waals surface area contributed by atoms with Crippen LogP contribution >= 0.6 is 0 Å². The van der Waals surface area contributed by atoms with Crippen LogP contribution in [0.5, 0.6) is 0 Å². The van der Waals surface area contributed by atoms with E-state index in [1.165, 1.54) is 0 Å². The number of ether oxygens (including phenoxy) is 1. The molecule has 7 nitrogen and oxygen atoms in total. The molecule has 0 aromatic heterocycles. The van der Waals surface area contributed by atoms with Crippen LogP contribution in [-0.2, 0) is 9.57 Å². The molecule has 2 aliphatic rings. The van der Waals surface area contributed by atoms with Crippen molar-refractivity contribution in [1.29, 1.82) is 0 Å². The molecule has 2 N–H and O–H groups in total. The van der Waals surface area contributed by atoms with Gasteiger partial charge < -0.3 is 14.5 Å². The van der Waals surface area contributed by atoms with Crippen LogP contribution in [0, 0.1) is 0 Å². The Hall–Kier alpha value is -0.890. The van der Waals surface area contributed by atoms with Gasteiger partial charge in [-0.05, 0) is 34.2 Å². The van der Waals surface area contributed by atoms with Crippen LogP contribution < -0.4 is 5.90 Å². The predicted molar refractivity (Wildman–Crippen MR) is 84.3 cm³/mol. The number of likely N-dealkylation sites (tertiary alicyclic amines) is 1. The van der Waals surface area contributed by atoms with Gasteiger partial charge >= 0.3 is 6.09 Å². The zero-order valence-electron chi connectivity index (χ0n) is 14.2. The molecule has 2 heterocycles. The Morgan fingerprint density at radius 3 is 2.41 bits per heavy atom. The lowest BCUT2D eigenvalue weighted by Crippen LogP contribution is -2.53. The van der Waals surface area contributed by atoms with Crippen molar-refractivity contribution in [3.8, 4) is 0 Å². The van der Waals surface area contributed by atoms with Crippen LogP contribution in [0.2, 0.25) is 0 Å². The first-order valence-corrected chi connectivity index (χ1v) is 8.04. The predicted octanol–water partition coefficient (Wildman–Crippen LogP) is 0.502. The van der Waals surface area contributed by atoms with Gasteiger partial charge in [-0.2, -0.15) is 0 Å². The molecule has 2 aliphatic heterocycles. The van der Waals surface area contributed by atoms with E-state index < -0.39 is 5.60 Å². The summed E-state index contributed by atoms with van der Waals surface area (Å²) >= 11 is 0. The third-order valence-corrected chi connectivity index (χ3v) is 4.44. The van der Waals surface area contributed by atoms with Gasteiger partial charge in [-0.25, -0.2) is 10.7 Å². The number of amides is 1. The fourth-order valence-corrected chi connectivity index (χ4v) is 3.22. The van der Waals surface area contributed by atoms with E-state index in [4.69, 9.17) is 15.5 Å². The van der Waals surface area contributed by atoms with Crippen molar-refractivity contribution in [2.45, 2.75) is 44.9 Å². The first-order valence-electron chi connectivity index (χ1n) is 8.04. The summed E-state index contributed by atoms with van der Waals surface area (Å²) in [6, 6.07) is 0.907. The van der Waals surface area contributed by atoms with E-state index >= 15 is 0 Å². The molecule has 1 unspecified atom stereocenters. The van der Waals surface area contributed by atoms with Crippen LogP contribution in [0.15, 0.2) is 0 Å². The summed E-state index contributed by atoms with van der Waals surface area (Å²) in [5.74, 6) is 5.20. The SMILES string of the molecule is CN1C[C@H](N2CCN(C(=O)OC(C)(C)C)CC2)CC1CON. The lowest BCUT2D eigenvalue weighted by Gasteiger charge is -2.38. The number of carbonyl (C=O) groups excluding carboxylic acids is 1. The molecule has 2 rings (SSSR count). The molecule has 0 aromatic rings.